The normalized spacial score (nSPS) is 21.0. The molecule has 0 radical (unpaired) electrons. The highest BCUT2D eigenvalue weighted by Crippen LogP contribution is 2.26. The standard InChI is InChI=1S/C13H20BrN3O3S/c1-9(6-10-8-20-5-4-16-10)17-13-3-2-11(7-12(13)14)21(15,18)19/h2-3,7,9-10,16-17H,4-6,8H2,1H3,(H2,15,18,19). The molecule has 0 spiro atoms. The zero-order valence-corrected chi connectivity index (χ0v) is 14.2. The van der Waals surface area contributed by atoms with Crippen LogP contribution in [0, 0.1) is 0 Å². The number of ether oxygens (including phenoxy) is 1. The van der Waals surface area contributed by atoms with E-state index in [2.05, 4.69) is 33.5 Å². The van der Waals surface area contributed by atoms with Gasteiger partial charge in [0.25, 0.3) is 0 Å². The smallest absolute Gasteiger partial charge is 0.238 e. The van der Waals surface area contributed by atoms with Crippen molar-refractivity contribution in [2.45, 2.75) is 30.3 Å². The first kappa shape index (κ1) is 16.7. The van der Waals surface area contributed by atoms with Gasteiger partial charge in [0, 0.05) is 28.8 Å². The van der Waals surface area contributed by atoms with E-state index in [0.717, 1.165) is 31.9 Å². The molecule has 0 bridgehead atoms. The number of hydrogen-bond acceptors (Lipinski definition) is 5. The van der Waals surface area contributed by atoms with Crippen LogP contribution in [0.1, 0.15) is 13.3 Å². The molecule has 1 aliphatic heterocycles. The van der Waals surface area contributed by atoms with Gasteiger partial charge in [0.1, 0.15) is 0 Å². The highest BCUT2D eigenvalue weighted by atomic mass is 79.9. The van der Waals surface area contributed by atoms with Crippen LogP contribution in [-0.2, 0) is 14.8 Å². The van der Waals surface area contributed by atoms with E-state index < -0.39 is 10.0 Å². The third kappa shape index (κ3) is 4.93. The Labute approximate surface area is 133 Å². The number of sulfonamides is 1. The van der Waals surface area contributed by atoms with Gasteiger partial charge in [-0.05, 0) is 47.5 Å². The molecule has 1 fully saturated rings. The highest BCUT2D eigenvalue weighted by Gasteiger charge is 2.17. The van der Waals surface area contributed by atoms with Crippen LogP contribution < -0.4 is 15.8 Å². The van der Waals surface area contributed by atoms with E-state index in [0.29, 0.717) is 10.5 Å². The highest BCUT2D eigenvalue weighted by molar-refractivity contribution is 9.10. The fraction of sp³-hybridized carbons (Fsp3) is 0.538. The second kappa shape index (κ2) is 7.06. The fourth-order valence-electron chi connectivity index (χ4n) is 2.31. The third-order valence-corrected chi connectivity index (χ3v) is 4.87. The summed E-state index contributed by atoms with van der Waals surface area (Å²) in [6, 6.07) is 5.28. The van der Waals surface area contributed by atoms with Crippen LogP contribution >= 0.6 is 15.9 Å². The van der Waals surface area contributed by atoms with Crippen molar-refractivity contribution in [3.8, 4) is 0 Å². The Kier molecular flexibility index (Phi) is 5.61. The Balaban J connectivity index is 1.98. The monoisotopic (exact) mass is 377 g/mol. The summed E-state index contributed by atoms with van der Waals surface area (Å²) in [4.78, 5) is 0.0925. The number of morpholine rings is 1. The summed E-state index contributed by atoms with van der Waals surface area (Å²) in [6.45, 7) is 4.44. The summed E-state index contributed by atoms with van der Waals surface area (Å²) < 4.78 is 28.7. The fourth-order valence-corrected chi connectivity index (χ4v) is 3.50. The summed E-state index contributed by atoms with van der Waals surface area (Å²) in [6.07, 6.45) is 0.920. The lowest BCUT2D eigenvalue weighted by molar-refractivity contribution is 0.0731. The van der Waals surface area contributed by atoms with E-state index in [-0.39, 0.29) is 10.9 Å². The first-order valence-corrected chi connectivity index (χ1v) is 9.10. The number of halogens is 1. The van der Waals surface area contributed by atoms with E-state index in [1.54, 1.807) is 6.07 Å². The topological polar surface area (TPSA) is 93.4 Å². The van der Waals surface area contributed by atoms with Crippen molar-refractivity contribution in [2.75, 3.05) is 25.1 Å². The first-order valence-electron chi connectivity index (χ1n) is 6.76. The molecule has 6 nitrogen and oxygen atoms in total. The van der Waals surface area contributed by atoms with Crippen LogP contribution in [0.3, 0.4) is 0 Å². The summed E-state index contributed by atoms with van der Waals surface area (Å²) in [5.41, 5.74) is 0.839. The Morgan fingerprint density at radius 1 is 1.57 bits per heavy atom. The van der Waals surface area contributed by atoms with Gasteiger partial charge in [-0.15, -0.1) is 0 Å². The molecule has 0 aromatic heterocycles. The number of anilines is 1. The molecular formula is C13H20BrN3O3S. The van der Waals surface area contributed by atoms with Gasteiger partial charge < -0.3 is 15.4 Å². The maximum atomic E-state index is 11.3. The number of nitrogens with one attached hydrogen (secondary N) is 2. The SMILES string of the molecule is CC(CC1COCCN1)Nc1ccc(S(N)(=O)=O)cc1Br. The molecule has 8 heteroatoms. The van der Waals surface area contributed by atoms with Gasteiger partial charge in [0.15, 0.2) is 0 Å². The van der Waals surface area contributed by atoms with Gasteiger partial charge in [-0.25, -0.2) is 13.6 Å². The predicted molar refractivity (Wildman–Crippen MR) is 85.8 cm³/mol. The number of hydrogen-bond donors (Lipinski definition) is 3. The number of rotatable bonds is 5. The second-order valence-corrected chi connectivity index (χ2v) is 7.61. The summed E-state index contributed by atoms with van der Waals surface area (Å²) >= 11 is 3.37. The molecule has 1 saturated heterocycles. The van der Waals surface area contributed by atoms with Gasteiger partial charge in [-0.3, -0.25) is 0 Å². The maximum Gasteiger partial charge on any atom is 0.238 e. The molecule has 1 aliphatic rings. The minimum atomic E-state index is -3.68. The predicted octanol–water partition coefficient (Wildman–Crippen LogP) is 1.28. The molecule has 21 heavy (non-hydrogen) atoms. The molecule has 1 aromatic rings. The van der Waals surface area contributed by atoms with Crippen LogP contribution in [-0.4, -0.2) is 40.3 Å². The van der Waals surface area contributed by atoms with Crippen molar-refractivity contribution in [2.24, 2.45) is 5.14 Å². The van der Waals surface area contributed by atoms with Gasteiger partial charge in [-0.1, -0.05) is 0 Å². The minimum absolute atomic E-state index is 0.0925. The minimum Gasteiger partial charge on any atom is -0.382 e. The molecular weight excluding hydrogens is 358 g/mol. The summed E-state index contributed by atoms with van der Waals surface area (Å²) in [5, 5.41) is 11.9. The molecule has 1 heterocycles. The lowest BCUT2D eigenvalue weighted by Gasteiger charge is -2.27. The first-order chi connectivity index (χ1) is 9.86. The molecule has 118 valence electrons. The lowest BCUT2D eigenvalue weighted by Crippen LogP contribution is -2.43. The number of primary sulfonamides is 1. The van der Waals surface area contributed by atoms with E-state index >= 15 is 0 Å². The van der Waals surface area contributed by atoms with Crippen LogP contribution in [0.4, 0.5) is 5.69 Å². The molecule has 1 aromatic carbocycles. The molecule has 2 atom stereocenters. The number of benzene rings is 1. The summed E-state index contributed by atoms with van der Waals surface area (Å²) in [7, 11) is -3.68. The van der Waals surface area contributed by atoms with Crippen molar-refractivity contribution in [3.05, 3.63) is 22.7 Å². The van der Waals surface area contributed by atoms with Crippen LogP contribution in [0.2, 0.25) is 0 Å². The Morgan fingerprint density at radius 3 is 2.90 bits per heavy atom. The molecule has 0 amide bonds. The van der Waals surface area contributed by atoms with Crippen molar-refractivity contribution < 1.29 is 13.2 Å². The van der Waals surface area contributed by atoms with E-state index in [9.17, 15) is 8.42 Å². The van der Waals surface area contributed by atoms with Crippen molar-refractivity contribution >= 4 is 31.6 Å². The quantitative estimate of drug-likeness (QED) is 0.718. The van der Waals surface area contributed by atoms with E-state index in [4.69, 9.17) is 9.88 Å². The van der Waals surface area contributed by atoms with Crippen molar-refractivity contribution in [3.63, 3.8) is 0 Å². The van der Waals surface area contributed by atoms with Crippen LogP contribution in [0.5, 0.6) is 0 Å². The Hall–Kier alpha value is -0.670. The van der Waals surface area contributed by atoms with Crippen LogP contribution in [0.15, 0.2) is 27.6 Å². The molecule has 2 rings (SSSR count). The van der Waals surface area contributed by atoms with Gasteiger partial charge >= 0.3 is 0 Å². The Bertz CT molecular complexity index is 588. The molecule has 4 N–H and O–H groups in total. The van der Waals surface area contributed by atoms with Gasteiger partial charge in [0.2, 0.25) is 10.0 Å². The van der Waals surface area contributed by atoms with Gasteiger partial charge in [0.05, 0.1) is 18.1 Å². The van der Waals surface area contributed by atoms with Gasteiger partial charge in [-0.2, -0.15) is 0 Å². The largest absolute Gasteiger partial charge is 0.382 e. The average molecular weight is 378 g/mol. The van der Waals surface area contributed by atoms with Crippen molar-refractivity contribution in [1.29, 1.82) is 0 Å². The second-order valence-electron chi connectivity index (χ2n) is 5.19. The maximum absolute atomic E-state index is 11.3. The molecule has 0 aliphatic carbocycles. The lowest BCUT2D eigenvalue weighted by atomic mass is 10.1. The van der Waals surface area contributed by atoms with Crippen LogP contribution in [0.25, 0.3) is 0 Å². The molecule has 0 saturated carbocycles. The number of nitrogens with two attached hydrogens (primary N) is 1. The Morgan fingerprint density at radius 2 is 2.33 bits per heavy atom. The summed E-state index contributed by atoms with van der Waals surface area (Å²) in [5.74, 6) is 0. The molecule has 2 unspecified atom stereocenters. The van der Waals surface area contributed by atoms with Crippen molar-refractivity contribution in [1.82, 2.24) is 5.32 Å². The van der Waals surface area contributed by atoms with E-state index in [1.165, 1.54) is 12.1 Å². The third-order valence-electron chi connectivity index (χ3n) is 3.31. The van der Waals surface area contributed by atoms with E-state index in [1.807, 2.05) is 0 Å². The zero-order valence-electron chi connectivity index (χ0n) is 11.8. The average Bonchev–Trinajstić information content (AvgIpc) is 2.41. The zero-order chi connectivity index (χ0) is 15.5.